The van der Waals surface area contributed by atoms with Gasteiger partial charge in [0.05, 0.1) is 7.11 Å². The lowest BCUT2D eigenvalue weighted by atomic mass is 10.1. The minimum Gasteiger partial charge on any atom is -0.430 e. The Hall–Kier alpha value is -1.06. The molecular weight excluding hydrogens is 154 g/mol. The van der Waals surface area contributed by atoms with Crippen LogP contribution >= 0.6 is 0 Å². The summed E-state index contributed by atoms with van der Waals surface area (Å²) in [4.78, 5) is 4.25. The van der Waals surface area contributed by atoms with E-state index in [1.165, 1.54) is 0 Å². The molecule has 0 bridgehead atoms. The standard InChI is InChI=1S/C8H15N3O/c1-6(2)5-7-9-8(12-4)11(3)10-7/h6H,5H2,1-4H3/p+1. The average molecular weight is 170 g/mol. The van der Waals surface area contributed by atoms with Gasteiger partial charge in [-0.1, -0.05) is 13.8 Å². The van der Waals surface area contributed by atoms with E-state index in [4.69, 9.17) is 4.74 Å². The normalized spacial score (nSPS) is 10.8. The van der Waals surface area contributed by atoms with Gasteiger partial charge in [0.15, 0.2) is 0 Å². The van der Waals surface area contributed by atoms with Crippen LogP contribution in [0.4, 0.5) is 0 Å². The van der Waals surface area contributed by atoms with Gasteiger partial charge in [-0.2, -0.15) is 5.10 Å². The fourth-order valence-electron chi connectivity index (χ4n) is 1.12. The van der Waals surface area contributed by atoms with Crippen molar-refractivity contribution in [1.82, 2.24) is 10.1 Å². The molecule has 0 radical (unpaired) electrons. The number of methoxy groups -OCH3 is 1. The summed E-state index contributed by atoms with van der Waals surface area (Å²) in [6.07, 6.45) is 0.956. The highest BCUT2D eigenvalue weighted by molar-refractivity contribution is 4.88. The zero-order valence-electron chi connectivity index (χ0n) is 8.09. The molecule has 1 aromatic heterocycles. The summed E-state index contributed by atoms with van der Waals surface area (Å²) in [5.74, 6) is 1.59. The lowest BCUT2D eigenvalue weighted by Gasteiger charge is -1.93. The lowest BCUT2D eigenvalue weighted by Crippen LogP contribution is -2.31. The maximum Gasteiger partial charge on any atom is 0.519 e. The first-order valence-corrected chi connectivity index (χ1v) is 4.12. The van der Waals surface area contributed by atoms with Crippen molar-refractivity contribution in [1.29, 1.82) is 0 Å². The summed E-state index contributed by atoms with van der Waals surface area (Å²) in [5.41, 5.74) is 0. The Morgan fingerprint density at radius 2 is 2.25 bits per heavy atom. The molecule has 0 aliphatic heterocycles. The van der Waals surface area contributed by atoms with Crippen LogP contribution in [0.25, 0.3) is 0 Å². The van der Waals surface area contributed by atoms with E-state index in [1.54, 1.807) is 11.8 Å². The predicted octanol–water partition coefficient (Wildman–Crippen LogP) is 0.441. The van der Waals surface area contributed by atoms with Crippen LogP contribution in [0, 0.1) is 5.92 Å². The summed E-state index contributed by atoms with van der Waals surface area (Å²) in [7, 11) is 3.50. The Kier molecular flexibility index (Phi) is 2.68. The summed E-state index contributed by atoms with van der Waals surface area (Å²) in [5, 5.41) is 3.11. The van der Waals surface area contributed by atoms with Gasteiger partial charge in [-0.15, -0.1) is 4.68 Å². The molecule has 0 unspecified atom stereocenters. The summed E-state index contributed by atoms with van der Waals surface area (Å²) >= 11 is 0. The molecule has 1 aromatic rings. The first kappa shape index (κ1) is 9.03. The molecule has 0 fully saturated rings. The molecule has 1 N–H and O–H groups in total. The minimum atomic E-state index is 0.612. The Balaban J connectivity index is 2.75. The molecule has 4 nitrogen and oxygen atoms in total. The molecule has 0 aromatic carbocycles. The van der Waals surface area contributed by atoms with E-state index in [0.29, 0.717) is 11.9 Å². The third kappa shape index (κ3) is 1.96. The molecular formula is C8H16N3O+. The zero-order chi connectivity index (χ0) is 9.14. The molecule has 0 saturated carbocycles. The molecule has 1 rings (SSSR count). The number of aromatic nitrogens is 3. The van der Waals surface area contributed by atoms with E-state index < -0.39 is 0 Å². The number of ether oxygens (including phenoxy) is 1. The van der Waals surface area contributed by atoms with Gasteiger partial charge in [-0.05, 0) is 5.92 Å². The van der Waals surface area contributed by atoms with Crippen molar-refractivity contribution in [2.45, 2.75) is 20.3 Å². The Bertz CT molecular complexity index is 255. The average Bonchev–Trinajstić information content (AvgIpc) is 2.29. The molecule has 4 heteroatoms. The molecule has 0 aliphatic carbocycles. The number of H-pyrrole nitrogens is 1. The van der Waals surface area contributed by atoms with Crippen molar-refractivity contribution in [3.8, 4) is 6.01 Å². The first-order valence-electron chi connectivity index (χ1n) is 4.12. The second-order valence-corrected chi connectivity index (χ2v) is 3.31. The van der Waals surface area contributed by atoms with Crippen molar-refractivity contribution in [2.75, 3.05) is 7.11 Å². The summed E-state index contributed by atoms with van der Waals surface area (Å²) in [6.45, 7) is 4.32. The highest BCUT2D eigenvalue weighted by Gasteiger charge is 2.17. The smallest absolute Gasteiger partial charge is 0.430 e. The number of hydrogen-bond acceptors (Lipinski definition) is 2. The van der Waals surface area contributed by atoms with Crippen LogP contribution in [0.3, 0.4) is 0 Å². The lowest BCUT2D eigenvalue weighted by molar-refractivity contribution is -0.732. The number of nitrogens with one attached hydrogen (secondary N) is 1. The number of hydrogen-bond donors (Lipinski definition) is 1. The summed E-state index contributed by atoms with van der Waals surface area (Å²) < 4.78 is 6.80. The van der Waals surface area contributed by atoms with Gasteiger partial charge in [0, 0.05) is 11.4 Å². The zero-order valence-corrected chi connectivity index (χ0v) is 8.09. The van der Waals surface area contributed by atoms with Gasteiger partial charge in [0.2, 0.25) is 0 Å². The van der Waals surface area contributed by atoms with Gasteiger partial charge in [0.1, 0.15) is 7.05 Å². The van der Waals surface area contributed by atoms with Crippen LogP contribution in [0.5, 0.6) is 6.01 Å². The van der Waals surface area contributed by atoms with Crippen LogP contribution in [0.1, 0.15) is 19.7 Å². The maximum atomic E-state index is 5.03. The van der Waals surface area contributed by atoms with Gasteiger partial charge < -0.3 is 4.74 Å². The van der Waals surface area contributed by atoms with E-state index in [1.807, 2.05) is 7.05 Å². The van der Waals surface area contributed by atoms with Gasteiger partial charge in [0.25, 0.3) is 5.82 Å². The molecule has 0 aliphatic rings. The predicted molar refractivity (Wildman–Crippen MR) is 44.9 cm³/mol. The second-order valence-electron chi connectivity index (χ2n) is 3.31. The number of nitrogens with zero attached hydrogens (tertiary/aromatic N) is 2. The van der Waals surface area contributed by atoms with E-state index in [2.05, 4.69) is 23.9 Å². The van der Waals surface area contributed by atoms with Crippen LogP contribution in [0.2, 0.25) is 0 Å². The molecule has 0 spiro atoms. The van der Waals surface area contributed by atoms with Crippen molar-refractivity contribution in [3.05, 3.63) is 5.82 Å². The third-order valence-corrected chi connectivity index (χ3v) is 1.60. The van der Waals surface area contributed by atoms with Crippen molar-refractivity contribution in [3.63, 3.8) is 0 Å². The maximum absolute atomic E-state index is 5.03. The Labute approximate surface area is 72.6 Å². The molecule has 0 amide bonds. The number of rotatable bonds is 3. The molecule has 0 atom stereocenters. The highest BCUT2D eigenvalue weighted by Crippen LogP contribution is 2.04. The van der Waals surface area contributed by atoms with Gasteiger partial charge in [-0.3, -0.25) is 0 Å². The van der Waals surface area contributed by atoms with E-state index in [9.17, 15) is 0 Å². The Morgan fingerprint density at radius 3 is 2.67 bits per heavy atom. The fraction of sp³-hybridized carbons (Fsp3) is 0.750. The quantitative estimate of drug-likeness (QED) is 0.669. The fourth-order valence-corrected chi connectivity index (χ4v) is 1.12. The second kappa shape index (κ2) is 3.56. The van der Waals surface area contributed by atoms with Crippen LogP contribution in [0.15, 0.2) is 0 Å². The Morgan fingerprint density at radius 1 is 1.58 bits per heavy atom. The van der Waals surface area contributed by atoms with E-state index in [0.717, 1.165) is 12.2 Å². The largest absolute Gasteiger partial charge is 0.519 e. The van der Waals surface area contributed by atoms with Crippen molar-refractivity contribution < 1.29 is 9.42 Å². The van der Waals surface area contributed by atoms with Crippen LogP contribution in [-0.2, 0) is 13.5 Å². The van der Waals surface area contributed by atoms with Gasteiger partial charge in [-0.25, -0.2) is 0 Å². The molecule has 1 heterocycles. The van der Waals surface area contributed by atoms with Crippen LogP contribution in [-0.4, -0.2) is 17.2 Å². The minimum absolute atomic E-state index is 0.612. The first-order chi connectivity index (χ1) is 5.63. The van der Waals surface area contributed by atoms with E-state index >= 15 is 0 Å². The monoisotopic (exact) mass is 170 g/mol. The SMILES string of the molecule is COc1nc(CC(C)C)[nH][n+]1C. The van der Waals surface area contributed by atoms with Gasteiger partial charge >= 0.3 is 6.01 Å². The number of aryl methyl sites for hydroxylation is 1. The molecule has 0 saturated heterocycles. The van der Waals surface area contributed by atoms with Crippen molar-refractivity contribution in [2.24, 2.45) is 13.0 Å². The highest BCUT2D eigenvalue weighted by atomic mass is 16.5. The molecule has 68 valence electrons. The van der Waals surface area contributed by atoms with E-state index in [-0.39, 0.29) is 0 Å². The molecule has 12 heavy (non-hydrogen) atoms. The summed E-state index contributed by atoms with van der Waals surface area (Å²) in [6, 6.07) is 0.630. The topological polar surface area (TPSA) is 41.8 Å². The number of aromatic amines is 1. The van der Waals surface area contributed by atoms with Crippen LogP contribution < -0.4 is 9.42 Å². The third-order valence-electron chi connectivity index (χ3n) is 1.60. The van der Waals surface area contributed by atoms with Crippen molar-refractivity contribution >= 4 is 0 Å².